The number of fused-ring (bicyclic) bond motifs is 1. The Bertz CT molecular complexity index is 1010. The fraction of sp³-hybridized carbons (Fsp3) is 0.455. The molecule has 0 spiro atoms. The van der Waals surface area contributed by atoms with Crippen LogP contribution in [0.1, 0.15) is 12.8 Å². The zero-order valence-corrected chi connectivity index (χ0v) is 18.4. The molecule has 4 heterocycles. The molecule has 2 atom stereocenters. The number of nitrogens with zero attached hydrogens (tertiary/aromatic N) is 7. The minimum Gasteiger partial charge on any atom is -0.367 e. The third kappa shape index (κ3) is 4.29. The van der Waals surface area contributed by atoms with Crippen molar-refractivity contribution in [2.45, 2.75) is 24.0 Å². The van der Waals surface area contributed by atoms with Gasteiger partial charge in [-0.1, -0.05) is 11.8 Å². The summed E-state index contributed by atoms with van der Waals surface area (Å²) in [6, 6.07) is 7.50. The van der Waals surface area contributed by atoms with E-state index < -0.39 is 0 Å². The highest BCUT2D eigenvalue weighted by Gasteiger charge is 2.40. The van der Waals surface area contributed by atoms with Gasteiger partial charge in [-0.2, -0.15) is 0 Å². The topological polar surface area (TPSA) is 63.0 Å². The first-order valence-electron chi connectivity index (χ1n) is 10.7. The summed E-state index contributed by atoms with van der Waals surface area (Å²) >= 11 is 1.73. The molecule has 2 aliphatic rings. The molecule has 5 rings (SSSR count). The van der Waals surface area contributed by atoms with E-state index >= 15 is 0 Å². The highest BCUT2D eigenvalue weighted by atomic mass is 32.2. The molecule has 0 bridgehead atoms. The van der Waals surface area contributed by atoms with Crippen LogP contribution in [0.4, 0.5) is 10.1 Å². The lowest BCUT2D eigenvalue weighted by molar-refractivity contribution is 0.319. The van der Waals surface area contributed by atoms with Gasteiger partial charge in [0.1, 0.15) is 11.5 Å². The molecule has 0 amide bonds. The summed E-state index contributed by atoms with van der Waals surface area (Å²) in [6.45, 7) is 4.42. The summed E-state index contributed by atoms with van der Waals surface area (Å²) in [4.78, 5) is 13.5. The average Bonchev–Trinajstić information content (AvgIpc) is 3.47. The van der Waals surface area contributed by atoms with Crippen LogP contribution in [0.2, 0.25) is 0 Å². The van der Waals surface area contributed by atoms with Gasteiger partial charge >= 0.3 is 0 Å². The molecule has 0 aliphatic carbocycles. The van der Waals surface area contributed by atoms with Gasteiger partial charge in [-0.3, -0.25) is 4.98 Å². The maximum absolute atomic E-state index is 13.3. The molecule has 2 unspecified atom stereocenters. The maximum Gasteiger partial charge on any atom is 0.191 e. The van der Waals surface area contributed by atoms with Crippen LogP contribution >= 0.6 is 11.8 Å². The van der Waals surface area contributed by atoms with Crippen LogP contribution in [0, 0.1) is 11.7 Å². The Hall–Kier alpha value is -2.52. The van der Waals surface area contributed by atoms with Crippen molar-refractivity contribution in [3.8, 4) is 11.5 Å². The van der Waals surface area contributed by atoms with Crippen LogP contribution in [0.15, 0.2) is 48.0 Å². The maximum atomic E-state index is 13.3. The lowest BCUT2D eigenvalue weighted by Gasteiger charge is -2.27. The largest absolute Gasteiger partial charge is 0.367 e. The van der Waals surface area contributed by atoms with Crippen LogP contribution < -0.4 is 4.90 Å². The quantitative estimate of drug-likeness (QED) is 0.414. The van der Waals surface area contributed by atoms with Gasteiger partial charge in [-0.15, -0.1) is 10.2 Å². The van der Waals surface area contributed by atoms with Crippen LogP contribution in [-0.4, -0.2) is 67.6 Å². The number of rotatable bonds is 7. The van der Waals surface area contributed by atoms with Crippen LogP contribution in [0.5, 0.6) is 0 Å². The van der Waals surface area contributed by atoms with Gasteiger partial charge in [0.05, 0.1) is 6.20 Å². The lowest BCUT2D eigenvalue weighted by atomic mass is 10.1. The van der Waals surface area contributed by atoms with E-state index in [2.05, 4.69) is 30.0 Å². The second-order valence-electron chi connectivity index (χ2n) is 8.20. The van der Waals surface area contributed by atoms with Crippen LogP contribution in [0.25, 0.3) is 11.5 Å². The van der Waals surface area contributed by atoms with E-state index in [4.69, 9.17) is 0 Å². The van der Waals surface area contributed by atoms with Gasteiger partial charge in [0.25, 0.3) is 0 Å². The third-order valence-electron chi connectivity index (χ3n) is 6.26. The molecule has 2 saturated heterocycles. The third-order valence-corrected chi connectivity index (χ3v) is 7.37. The molecular weight excluding hydrogens is 413 g/mol. The van der Waals surface area contributed by atoms with Gasteiger partial charge in [0.2, 0.25) is 0 Å². The highest BCUT2D eigenvalue weighted by molar-refractivity contribution is 7.99. The smallest absolute Gasteiger partial charge is 0.191 e. The second-order valence-corrected chi connectivity index (χ2v) is 9.27. The molecule has 162 valence electrons. The number of halogens is 1. The number of anilines is 1. The van der Waals surface area contributed by atoms with Crippen molar-refractivity contribution in [1.82, 2.24) is 29.6 Å². The summed E-state index contributed by atoms with van der Waals surface area (Å²) in [5.74, 6) is 2.28. The molecule has 0 saturated carbocycles. The fourth-order valence-electron chi connectivity index (χ4n) is 4.71. The molecule has 2 fully saturated rings. The number of benzene rings is 1. The van der Waals surface area contributed by atoms with Gasteiger partial charge in [-0.25, -0.2) is 9.37 Å². The standard InChI is InChI=1S/C22H26FN7S/c1-28-21(19-13-24-8-9-25-19)26-27-22(28)31-12-2-10-29-14-16-7-11-30(20(16)15-29)18-5-3-17(23)4-6-18/h3-6,8-9,13,16,20H,2,7,10-12,14-15H2,1H3. The summed E-state index contributed by atoms with van der Waals surface area (Å²) in [5, 5.41) is 9.50. The SMILES string of the molecule is Cn1c(SCCCN2CC3CCN(c4ccc(F)cc4)C3C2)nnc1-c1cnccn1. The van der Waals surface area contributed by atoms with Crippen molar-refractivity contribution in [2.24, 2.45) is 13.0 Å². The first-order valence-corrected chi connectivity index (χ1v) is 11.7. The lowest BCUT2D eigenvalue weighted by Crippen LogP contribution is -2.35. The van der Waals surface area contributed by atoms with Gasteiger partial charge < -0.3 is 14.4 Å². The van der Waals surface area contributed by atoms with Crippen LogP contribution in [0.3, 0.4) is 0 Å². The van der Waals surface area contributed by atoms with Crippen molar-refractivity contribution < 1.29 is 4.39 Å². The molecule has 1 aromatic carbocycles. The predicted molar refractivity (Wildman–Crippen MR) is 119 cm³/mol. The summed E-state index contributed by atoms with van der Waals surface area (Å²) in [6.07, 6.45) is 7.35. The van der Waals surface area contributed by atoms with E-state index in [0.717, 1.165) is 60.7 Å². The number of hydrogen-bond donors (Lipinski definition) is 0. The Kier molecular flexibility index (Phi) is 5.87. The van der Waals surface area contributed by atoms with Gasteiger partial charge in [-0.05, 0) is 49.6 Å². The van der Waals surface area contributed by atoms with Crippen LogP contribution in [-0.2, 0) is 7.05 Å². The molecule has 0 N–H and O–H groups in total. The van der Waals surface area contributed by atoms with Crippen molar-refractivity contribution in [1.29, 1.82) is 0 Å². The number of aromatic nitrogens is 5. The van der Waals surface area contributed by atoms with Gasteiger partial charge in [0, 0.05) is 56.6 Å². The Balaban J connectivity index is 1.11. The Labute approximate surface area is 185 Å². The zero-order valence-electron chi connectivity index (χ0n) is 17.6. The van der Waals surface area contributed by atoms with E-state index in [1.165, 1.54) is 6.42 Å². The summed E-state index contributed by atoms with van der Waals surface area (Å²) in [5.41, 5.74) is 1.88. The zero-order chi connectivity index (χ0) is 21.2. The second kappa shape index (κ2) is 8.92. The van der Waals surface area contributed by atoms with Crippen molar-refractivity contribution >= 4 is 17.4 Å². The summed E-state index contributed by atoms with van der Waals surface area (Å²) < 4.78 is 15.2. The van der Waals surface area contributed by atoms with E-state index in [0.29, 0.717) is 12.0 Å². The number of likely N-dealkylation sites (tertiary alicyclic amines) is 1. The first kappa shape index (κ1) is 20.4. The van der Waals surface area contributed by atoms with E-state index in [1.54, 1.807) is 42.5 Å². The van der Waals surface area contributed by atoms with Gasteiger partial charge in [0.15, 0.2) is 11.0 Å². The minimum absolute atomic E-state index is 0.170. The molecule has 7 nitrogen and oxygen atoms in total. The fourth-order valence-corrected chi connectivity index (χ4v) is 5.55. The van der Waals surface area contributed by atoms with E-state index in [9.17, 15) is 4.39 Å². The molecule has 2 aliphatic heterocycles. The minimum atomic E-state index is -0.170. The average molecular weight is 440 g/mol. The Morgan fingerprint density at radius 2 is 2.00 bits per heavy atom. The Morgan fingerprint density at radius 3 is 2.81 bits per heavy atom. The number of hydrogen-bond acceptors (Lipinski definition) is 7. The van der Waals surface area contributed by atoms with E-state index in [-0.39, 0.29) is 5.82 Å². The molecule has 9 heteroatoms. The molecule has 31 heavy (non-hydrogen) atoms. The molecule has 0 radical (unpaired) electrons. The number of thioether (sulfide) groups is 1. The predicted octanol–water partition coefficient (Wildman–Crippen LogP) is 3.10. The molecule has 3 aromatic rings. The molecular formula is C22H26FN7S. The first-order chi connectivity index (χ1) is 15.2. The van der Waals surface area contributed by atoms with Crippen molar-refractivity contribution in [2.75, 3.05) is 36.8 Å². The normalized spacial score (nSPS) is 21.0. The highest BCUT2D eigenvalue weighted by Crippen LogP contribution is 2.35. The monoisotopic (exact) mass is 439 g/mol. The van der Waals surface area contributed by atoms with E-state index in [1.807, 2.05) is 23.7 Å². The molecule has 2 aromatic heterocycles. The van der Waals surface area contributed by atoms with Crippen molar-refractivity contribution in [3.05, 3.63) is 48.7 Å². The van der Waals surface area contributed by atoms with Crippen molar-refractivity contribution in [3.63, 3.8) is 0 Å². The summed E-state index contributed by atoms with van der Waals surface area (Å²) in [7, 11) is 1.97. The Morgan fingerprint density at radius 1 is 1.13 bits per heavy atom.